The molecule has 0 spiro atoms. The largest absolute Gasteiger partial charge is 0.398 e. The van der Waals surface area contributed by atoms with Gasteiger partial charge in [0.05, 0.1) is 23.6 Å². The Balaban J connectivity index is 2.30. The number of anilines is 1. The first kappa shape index (κ1) is 23.5. The molecule has 0 aliphatic heterocycles. The van der Waals surface area contributed by atoms with Gasteiger partial charge in [0.15, 0.2) is 0 Å². The van der Waals surface area contributed by atoms with Gasteiger partial charge in [0.25, 0.3) is 15.9 Å². The number of hydrogen-bond acceptors (Lipinski definition) is 5. The van der Waals surface area contributed by atoms with Crippen molar-refractivity contribution >= 4 is 45.0 Å². The van der Waals surface area contributed by atoms with Crippen LogP contribution in [0, 0.1) is 0 Å². The average molecular weight is 469 g/mol. The zero-order valence-corrected chi connectivity index (χ0v) is 17.5. The van der Waals surface area contributed by atoms with Gasteiger partial charge in [-0.1, -0.05) is 28.2 Å². The number of hydroxylamine groups is 1. The first-order valence-electron chi connectivity index (χ1n) is 7.88. The van der Waals surface area contributed by atoms with Crippen LogP contribution in [-0.2, 0) is 14.9 Å². The molecule has 158 valence electrons. The smallest absolute Gasteiger partial charge is 0.321 e. The van der Waals surface area contributed by atoms with Crippen LogP contribution in [0.3, 0.4) is 0 Å². The SMILES string of the molecule is CON(C)S(=O)(=O)c1cc(C(=O)Nc2ccccc2SCC(F)(F)F)ccc1Cl. The number of carbonyl (C=O) groups excluding carboxylic acids is 1. The van der Waals surface area contributed by atoms with Crippen molar-refractivity contribution in [1.82, 2.24) is 4.47 Å². The quantitative estimate of drug-likeness (QED) is 0.480. The van der Waals surface area contributed by atoms with E-state index in [1.807, 2.05) is 0 Å². The number of nitrogens with zero attached hydrogens (tertiary/aromatic N) is 1. The van der Waals surface area contributed by atoms with Crippen molar-refractivity contribution in [3.8, 4) is 0 Å². The van der Waals surface area contributed by atoms with Gasteiger partial charge in [0, 0.05) is 17.5 Å². The predicted molar refractivity (Wildman–Crippen MR) is 105 cm³/mol. The lowest BCUT2D eigenvalue weighted by Crippen LogP contribution is -2.26. The third-order valence-corrected chi connectivity index (χ3v) is 6.89. The second-order valence-corrected chi connectivity index (χ2v) is 8.93. The van der Waals surface area contributed by atoms with Gasteiger partial charge < -0.3 is 5.32 Å². The molecular formula is C17H16ClF3N2O4S2. The Morgan fingerprint density at radius 2 is 1.90 bits per heavy atom. The van der Waals surface area contributed by atoms with Crippen molar-refractivity contribution in [2.75, 3.05) is 25.2 Å². The van der Waals surface area contributed by atoms with Gasteiger partial charge in [0.2, 0.25) is 0 Å². The lowest BCUT2D eigenvalue weighted by Gasteiger charge is -2.16. The number of halogens is 4. The van der Waals surface area contributed by atoms with Crippen molar-refractivity contribution in [1.29, 1.82) is 0 Å². The molecule has 0 aliphatic carbocycles. The number of para-hydroxylation sites is 1. The van der Waals surface area contributed by atoms with Gasteiger partial charge in [-0.15, -0.1) is 11.8 Å². The van der Waals surface area contributed by atoms with Crippen LogP contribution in [0.15, 0.2) is 52.3 Å². The Bertz CT molecular complexity index is 1000. The number of carbonyl (C=O) groups is 1. The number of benzene rings is 2. The fourth-order valence-corrected chi connectivity index (χ4v) is 4.37. The maximum absolute atomic E-state index is 12.6. The summed E-state index contributed by atoms with van der Waals surface area (Å²) in [7, 11) is -1.80. The summed E-state index contributed by atoms with van der Waals surface area (Å²) in [5, 5.41) is 2.38. The van der Waals surface area contributed by atoms with Gasteiger partial charge >= 0.3 is 6.18 Å². The van der Waals surface area contributed by atoms with E-state index in [1.165, 1.54) is 24.3 Å². The van der Waals surface area contributed by atoms with E-state index in [1.54, 1.807) is 12.1 Å². The standard InChI is InChI=1S/C17H16ClF3N2O4S2/c1-23(27-2)29(25,26)15-9-11(7-8-12(15)18)16(24)22-13-5-3-4-6-14(13)28-10-17(19,20)21/h3-9H,10H2,1-2H3,(H,22,24). The van der Waals surface area contributed by atoms with Crippen LogP contribution in [0.5, 0.6) is 0 Å². The van der Waals surface area contributed by atoms with Crippen LogP contribution in [0.2, 0.25) is 5.02 Å². The van der Waals surface area contributed by atoms with Crippen molar-refractivity contribution in [2.45, 2.75) is 16.0 Å². The number of alkyl halides is 3. The zero-order valence-electron chi connectivity index (χ0n) is 15.2. The number of nitrogens with one attached hydrogen (secondary N) is 1. The Labute approximate surface area is 175 Å². The monoisotopic (exact) mass is 468 g/mol. The van der Waals surface area contributed by atoms with Crippen LogP contribution in [0.4, 0.5) is 18.9 Å². The molecule has 1 N–H and O–H groups in total. The first-order chi connectivity index (χ1) is 13.5. The molecule has 12 heteroatoms. The van der Waals surface area contributed by atoms with E-state index in [4.69, 9.17) is 11.6 Å². The Morgan fingerprint density at radius 3 is 2.52 bits per heavy atom. The van der Waals surface area contributed by atoms with Crippen molar-refractivity contribution in [3.63, 3.8) is 0 Å². The maximum Gasteiger partial charge on any atom is 0.398 e. The molecule has 0 heterocycles. The molecule has 0 bridgehead atoms. The maximum atomic E-state index is 12.6. The van der Waals surface area contributed by atoms with Crippen molar-refractivity contribution in [2.24, 2.45) is 0 Å². The van der Waals surface area contributed by atoms with Gasteiger partial charge in [-0.2, -0.15) is 13.2 Å². The molecule has 0 aliphatic rings. The molecule has 1 amide bonds. The zero-order chi connectivity index (χ0) is 21.8. The lowest BCUT2D eigenvalue weighted by molar-refractivity contribution is -0.105. The van der Waals surface area contributed by atoms with Gasteiger partial charge in [-0.05, 0) is 30.3 Å². The van der Waals surface area contributed by atoms with Gasteiger partial charge in [-0.3, -0.25) is 9.63 Å². The molecule has 2 rings (SSSR count). The molecule has 29 heavy (non-hydrogen) atoms. The first-order valence-corrected chi connectivity index (χ1v) is 10.7. The number of hydrogen-bond donors (Lipinski definition) is 1. The average Bonchev–Trinajstić information content (AvgIpc) is 2.66. The minimum Gasteiger partial charge on any atom is -0.321 e. The lowest BCUT2D eigenvalue weighted by atomic mass is 10.2. The highest BCUT2D eigenvalue weighted by Gasteiger charge is 2.28. The number of rotatable bonds is 7. The van der Waals surface area contributed by atoms with E-state index in [9.17, 15) is 26.4 Å². The predicted octanol–water partition coefficient (Wildman–Crippen LogP) is 4.43. The molecule has 0 aromatic heterocycles. The molecule has 0 atom stereocenters. The van der Waals surface area contributed by atoms with Crippen LogP contribution in [0.25, 0.3) is 0 Å². The third-order valence-electron chi connectivity index (χ3n) is 3.59. The van der Waals surface area contributed by atoms with Crippen LogP contribution >= 0.6 is 23.4 Å². The van der Waals surface area contributed by atoms with Crippen molar-refractivity contribution in [3.05, 3.63) is 53.1 Å². The second kappa shape index (κ2) is 9.35. The molecule has 2 aromatic carbocycles. The molecule has 2 aromatic rings. The highest BCUT2D eigenvalue weighted by Crippen LogP contribution is 2.32. The van der Waals surface area contributed by atoms with E-state index in [2.05, 4.69) is 10.2 Å². The molecule has 0 saturated carbocycles. The fourth-order valence-electron chi connectivity index (χ4n) is 2.13. The van der Waals surface area contributed by atoms with E-state index in [0.717, 1.165) is 20.2 Å². The van der Waals surface area contributed by atoms with E-state index < -0.39 is 27.9 Å². The Morgan fingerprint density at radius 1 is 1.24 bits per heavy atom. The molecule has 6 nitrogen and oxygen atoms in total. The van der Waals surface area contributed by atoms with E-state index in [-0.39, 0.29) is 26.1 Å². The molecule has 0 saturated heterocycles. The van der Waals surface area contributed by atoms with E-state index in [0.29, 0.717) is 16.2 Å². The fraction of sp³-hybridized carbons (Fsp3) is 0.235. The summed E-state index contributed by atoms with van der Waals surface area (Å²) in [4.78, 5) is 17.1. The number of amides is 1. The van der Waals surface area contributed by atoms with Crippen LogP contribution < -0.4 is 5.32 Å². The normalized spacial score (nSPS) is 12.2. The minimum absolute atomic E-state index is 0.0481. The summed E-state index contributed by atoms with van der Waals surface area (Å²) in [5.74, 6) is -1.83. The summed E-state index contributed by atoms with van der Waals surface area (Å²) in [6, 6.07) is 9.58. The second-order valence-electron chi connectivity index (χ2n) is 5.60. The third kappa shape index (κ3) is 6.09. The summed E-state index contributed by atoms with van der Waals surface area (Å²) in [6.45, 7) is 0. The van der Waals surface area contributed by atoms with E-state index >= 15 is 0 Å². The highest BCUT2D eigenvalue weighted by molar-refractivity contribution is 7.99. The molecule has 0 fully saturated rings. The van der Waals surface area contributed by atoms with Crippen LogP contribution in [0.1, 0.15) is 10.4 Å². The minimum atomic E-state index is -4.37. The Hall–Kier alpha value is -1.79. The van der Waals surface area contributed by atoms with Crippen LogP contribution in [-0.4, -0.2) is 44.9 Å². The summed E-state index contributed by atoms with van der Waals surface area (Å²) < 4.78 is 62.9. The molecule has 0 radical (unpaired) electrons. The highest BCUT2D eigenvalue weighted by atomic mass is 35.5. The number of sulfonamides is 1. The van der Waals surface area contributed by atoms with Gasteiger partial charge in [-0.25, -0.2) is 8.42 Å². The molecule has 0 unspecified atom stereocenters. The Kier molecular flexibility index (Phi) is 7.57. The topological polar surface area (TPSA) is 75.7 Å². The summed E-state index contributed by atoms with van der Waals surface area (Å²) in [6.07, 6.45) is -4.37. The summed E-state index contributed by atoms with van der Waals surface area (Å²) in [5.41, 5.74) is 0.119. The molecular weight excluding hydrogens is 453 g/mol. The number of thioether (sulfide) groups is 1. The summed E-state index contributed by atoms with van der Waals surface area (Å²) >= 11 is 6.48. The van der Waals surface area contributed by atoms with Gasteiger partial charge in [0.1, 0.15) is 4.90 Å². The van der Waals surface area contributed by atoms with Crippen molar-refractivity contribution < 1.29 is 31.2 Å².